The number of benzene rings is 2. The van der Waals surface area contributed by atoms with E-state index in [1.54, 1.807) is 48.5 Å². The van der Waals surface area contributed by atoms with Crippen molar-refractivity contribution in [3.8, 4) is 11.5 Å². The molecule has 0 fully saturated rings. The highest BCUT2D eigenvalue weighted by molar-refractivity contribution is 6.45. The van der Waals surface area contributed by atoms with Gasteiger partial charge in [0.05, 0.1) is 24.5 Å². The van der Waals surface area contributed by atoms with Crippen LogP contribution in [-0.2, 0) is 9.59 Å². The van der Waals surface area contributed by atoms with Crippen LogP contribution in [-0.4, -0.2) is 30.1 Å². The molecule has 1 N–H and O–H groups in total. The lowest BCUT2D eigenvalue weighted by molar-refractivity contribution is -0.121. The number of hydrogen-bond acceptors (Lipinski definition) is 5. The molecule has 6 nitrogen and oxygen atoms in total. The lowest BCUT2D eigenvalue weighted by Crippen LogP contribution is -2.32. The predicted molar refractivity (Wildman–Crippen MR) is 97.2 cm³/mol. The van der Waals surface area contributed by atoms with Crippen molar-refractivity contribution in [2.45, 2.75) is 20.0 Å². The lowest BCUT2D eigenvalue weighted by atomic mass is 10.1. The molecule has 26 heavy (non-hydrogen) atoms. The molecule has 0 bridgehead atoms. The molecule has 2 aromatic rings. The highest BCUT2D eigenvalue weighted by atomic mass is 16.5. The SMILES string of the molecule is COc1ccc(C2=C(O)C(=O)N(c3ccccc3OC(C)C)C2=O)cc1. The number of para-hydroxylation sites is 2. The Balaban J connectivity index is 2.01. The number of carbonyl (C=O) groups is 2. The van der Waals surface area contributed by atoms with Gasteiger partial charge in [-0.25, -0.2) is 4.90 Å². The Morgan fingerprint density at radius 2 is 1.62 bits per heavy atom. The number of rotatable bonds is 5. The van der Waals surface area contributed by atoms with E-state index in [1.807, 2.05) is 13.8 Å². The summed E-state index contributed by atoms with van der Waals surface area (Å²) >= 11 is 0. The topological polar surface area (TPSA) is 76.1 Å². The first-order valence-corrected chi connectivity index (χ1v) is 8.16. The van der Waals surface area contributed by atoms with E-state index in [2.05, 4.69) is 0 Å². The molecular weight excluding hydrogens is 334 g/mol. The summed E-state index contributed by atoms with van der Waals surface area (Å²) in [5, 5.41) is 10.3. The van der Waals surface area contributed by atoms with Gasteiger partial charge in [0.25, 0.3) is 5.91 Å². The van der Waals surface area contributed by atoms with Crippen LogP contribution in [0.2, 0.25) is 0 Å². The van der Waals surface area contributed by atoms with Crippen LogP contribution in [0.3, 0.4) is 0 Å². The fraction of sp³-hybridized carbons (Fsp3) is 0.200. The third kappa shape index (κ3) is 3.01. The summed E-state index contributed by atoms with van der Waals surface area (Å²) in [7, 11) is 1.53. The summed E-state index contributed by atoms with van der Waals surface area (Å²) in [6.45, 7) is 3.70. The Kier molecular flexibility index (Phi) is 4.67. The van der Waals surface area contributed by atoms with Crippen molar-refractivity contribution in [2.75, 3.05) is 12.0 Å². The average molecular weight is 353 g/mol. The highest BCUT2D eigenvalue weighted by Crippen LogP contribution is 2.37. The molecule has 2 amide bonds. The number of anilines is 1. The molecule has 0 spiro atoms. The van der Waals surface area contributed by atoms with Gasteiger partial charge in [0.2, 0.25) is 0 Å². The molecule has 3 rings (SSSR count). The van der Waals surface area contributed by atoms with Crippen LogP contribution in [0.15, 0.2) is 54.3 Å². The van der Waals surface area contributed by atoms with E-state index >= 15 is 0 Å². The van der Waals surface area contributed by atoms with E-state index in [-0.39, 0.29) is 11.7 Å². The summed E-state index contributed by atoms with van der Waals surface area (Å²) in [6, 6.07) is 13.3. The van der Waals surface area contributed by atoms with E-state index in [4.69, 9.17) is 9.47 Å². The summed E-state index contributed by atoms with van der Waals surface area (Å²) in [5.41, 5.74) is 0.690. The number of aliphatic hydroxyl groups excluding tert-OH is 1. The van der Waals surface area contributed by atoms with Crippen molar-refractivity contribution in [3.63, 3.8) is 0 Å². The van der Waals surface area contributed by atoms with Gasteiger partial charge in [0, 0.05) is 0 Å². The van der Waals surface area contributed by atoms with E-state index in [0.29, 0.717) is 22.7 Å². The minimum Gasteiger partial charge on any atom is -0.502 e. The summed E-state index contributed by atoms with van der Waals surface area (Å²) in [4.78, 5) is 26.4. The van der Waals surface area contributed by atoms with Crippen molar-refractivity contribution in [1.82, 2.24) is 0 Å². The highest BCUT2D eigenvalue weighted by Gasteiger charge is 2.41. The fourth-order valence-corrected chi connectivity index (χ4v) is 2.75. The second kappa shape index (κ2) is 6.92. The van der Waals surface area contributed by atoms with Crippen LogP contribution in [0.1, 0.15) is 19.4 Å². The van der Waals surface area contributed by atoms with Crippen molar-refractivity contribution in [3.05, 3.63) is 59.9 Å². The third-order valence-corrected chi connectivity index (χ3v) is 3.91. The Morgan fingerprint density at radius 3 is 2.23 bits per heavy atom. The fourth-order valence-electron chi connectivity index (χ4n) is 2.75. The maximum Gasteiger partial charge on any atom is 0.301 e. The Bertz CT molecular complexity index is 883. The van der Waals surface area contributed by atoms with Crippen molar-refractivity contribution >= 4 is 23.1 Å². The third-order valence-electron chi connectivity index (χ3n) is 3.91. The average Bonchev–Trinajstić information content (AvgIpc) is 2.84. The maximum absolute atomic E-state index is 12.9. The molecule has 1 aliphatic heterocycles. The number of nitrogens with zero attached hydrogens (tertiary/aromatic N) is 1. The number of carbonyl (C=O) groups excluding carboxylic acids is 2. The van der Waals surface area contributed by atoms with Crippen LogP contribution in [0.4, 0.5) is 5.69 Å². The molecule has 1 heterocycles. The van der Waals surface area contributed by atoms with Crippen LogP contribution in [0.5, 0.6) is 11.5 Å². The van der Waals surface area contributed by atoms with E-state index in [9.17, 15) is 14.7 Å². The first kappa shape index (κ1) is 17.5. The quantitative estimate of drug-likeness (QED) is 0.835. The maximum atomic E-state index is 12.9. The van der Waals surface area contributed by atoms with Gasteiger partial charge in [0.1, 0.15) is 11.5 Å². The summed E-state index contributed by atoms with van der Waals surface area (Å²) in [5.74, 6) is -0.955. The van der Waals surface area contributed by atoms with E-state index in [0.717, 1.165) is 4.90 Å². The van der Waals surface area contributed by atoms with Gasteiger partial charge in [-0.05, 0) is 43.7 Å². The van der Waals surface area contributed by atoms with Crippen LogP contribution >= 0.6 is 0 Å². The standard InChI is InChI=1S/C20H19NO5/c1-12(2)26-16-7-5-4-6-15(16)21-19(23)17(18(22)20(21)24)13-8-10-14(25-3)11-9-13/h4-12,22H,1-3H3. The molecule has 0 saturated carbocycles. The molecule has 0 atom stereocenters. The molecule has 2 aromatic carbocycles. The van der Waals surface area contributed by atoms with Crippen molar-refractivity contribution in [1.29, 1.82) is 0 Å². The molecule has 1 aliphatic rings. The number of methoxy groups -OCH3 is 1. The Hall–Kier alpha value is -3.28. The first-order valence-electron chi connectivity index (χ1n) is 8.16. The van der Waals surface area contributed by atoms with Gasteiger partial charge in [-0.15, -0.1) is 0 Å². The number of hydrogen-bond donors (Lipinski definition) is 1. The van der Waals surface area contributed by atoms with Gasteiger partial charge in [-0.3, -0.25) is 9.59 Å². The zero-order valence-corrected chi connectivity index (χ0v) is 14.7. The van der Waals surface area contributed by atoms with Crippen LogP contribution in [0, 0.1) is 0 Å². The predicted octanol–water partition coefficient (Wildman–Crippen LogP) is 3.32. The number of amides is 2. The minimum absolute atomic E-state index is 0.0444. The molecule has 134 valence electrons. The zero-order chi connectivity index (χ0) is 18.8. The van der Waals surface area contributed by atoms with Gasteiger partial charge in [-0.1, -0.05) is 24.3 Å². The van der Waals surface area contributed by atoms with Crippen LogP contribution in [0.25, 0.3) is 5.57 Å². The Labute approximate surface area is 151 Å². The smallest absolute Gasteiger partial charge is 0.301 e. The summed E-state index contributed by atoms with van der Waals surface area (Å²) in [6.07, 6.45) is -0.133. The largest absolute Gasteiger partial charge is 0.502 e. The van der Waals surface area contributed by atoms with Gasteiger partial charge in [-0.2, -0.15) is 0 Å². The number of imide groups is 1. The van der Waals surface area contributed by atoms with E-state index in [1.165, 1.54) is 7.11 Å². The molecule has 0 saturated heterocycles. The molecule has 0 unspecified atom stereocenters. The van der Waals surface area contributed by atoms with E-state index < -0.39 is 17.6 Å². The Morgan fingerprint density at radius 1 is 0.962 bits per heavy atom. The monoisotopic (exact) mass is 353 g/mol. The van der Waals surface area contributed by atoms with Gasteiger partial charge >= 0.3 is 5.91 Å². The second-order valence-corrected chi connectivity index (χ2v) is 6.03. The van der Waals surface area contributed by atoms with Crippen molar-refractivity contribution in [2.24, 2.45) is 0 Å². The second-order valence-electron chi connectivity index (χ2n) is 6.03. The molecule has 6 heteroatoms. The van der Waals surface area contributed by atoms with Crippen molar-refractivity contribution < 1.29 is 24.2 Å². The zero-order valence-electron chi connectivity index (χ0n) is 14.7. The lowest BCUT2D eigenvalue weighted by Gasteiger charge is -2.20. The normalized spacial score (nSPS) is 14.4. The molecule has 0 aliphatic carbocycles. The minimum atomic E-state index is -0.777. The molecule has 0 radical (unpaired) electrons. The number of ether oxygens (including phenoxy) is 2. The summed E-state index contributed by atoms with van der Waals surface area (Å²) < 4.78 is 10.8. The number of aliphatic hydroxyl groups is 1. The first-order chi connectivity index (χ1) is 12.4. The molecule has 0 aromatic heterocycles. The van der Waals surface area contributed by atoms with Gasteiger partial charge in [0.15, 0.2) is 5.76 Å². The van der Waals surface area contributed by atoms with Gasteiger partial charge < -0.3 is 14.6 Å². The molecular formula is C20H19NO5. The van der Waals surface area contributed by atoms with Crippen LogP contribution < -0.4 is 14.4 Å².